The monoisotopic (exact) mass is 352 g/mol. The molecule has 0 spiro atoms. The molecular formula is C17H18Cl2N2O2. The average molecular weight is 353 g/mol. The highest BCUT2D eigenvalue weighted by atomic mass is 35.5. The Bertz CT molecular complexity index is 630. The van der Waals surface area contributed by atoms with Crippen molar-refractivity contribution in [1.29, 1.82) is 0 Å². The summed E-state index contributed by atoms with van der Waals surface area (Å²) in [6.07, 6.45) is -0.0566. The van der Waals surface area contributed by atoms with Gasteiger partial charge in [0, 0.05) is 23.1 Å². The van der Waals surface area contributed by atoms with Crippen LogP contribution in [0.4, 0.5) is 4.79 Å². The van der Waals surface area contributed by atoms with Gasteiger partial charge in [0.05, 0.1) is 6.10 Å². The molecule has 0 aliphatic rings. The molecule has 0 aliphatic heterocycles. The van der Waals surface area contributed by atoms with Gasteiger partial charge in [-0.05, 0) is 41.8 Å². The van der Waals surface area contributed by atoms with Crippen LogP contribution in [0, 0.1) is 0 Å². The van der Waals surface area contributed by atoms with E-state index in [1.165, 1.54) is 0 Å². The summed E-state index contributed by atoms with van der Waals surface area (Å²) in [6, 6.07) is 14.0. The molecule has 2 aromatic rings. The molecule has 0 radical (unpaired) electrons. The first-order chi connectivity index (χ1) is 11.0. The van der Waals surface area contributed by atoms with E-state index in [1.54, 1.807) is 24.3 Å². The number of aliphatic hydroxyl groups is 1. The van der Waals surface area contributed by atoms with Crippen molar-refractivity contribution in [2.24, 2.45) is 0 Å². The third-order valence-corrected chi connectivity index (χ3v) is 3.83. The molecule has 1 atom stereocenters. The van der Waals surface area contributed by atoms with Crippen molar-refractivity contribution in [2.75, 3.05) is 13.1 Å². The molecule has 0 fully saturated rings. The second-order valence-electron chi connectivity index (χ2n) is 5.08. The Morgan fingerprint density at radius 2 is 1.52 bits per heavy atom. The zero-order valence-corrected chi connectivity index (χ0v) is 13.9. The SMILES string of the molecule is O=C(NCCc1ccc(Cl)cc1)NC[C@@H](O)c1ccc(Cl)cc1. The number of carbonyl (C=O) groups is 1. The molecule has 0 saturated heterocycles. The van der Waals surface area contributed by atoms with Crippen LogP contribution < -0.4 is 10.6 Å². The summed E-state index contributed by atoms with van der Waals surface area (Å²) in [6.45, 7) is 0.638. The molecule has 122 valence electrons. The number of rotatable bonds is 6. The first kappa shape index (κ1) is 17.6. The fourth-order valence-electron chi connectivity index (χ4n) is 2.03. The molecule has 2 rings (SSSR count). The molecule has 0 aliphatic carbocycles. The fourth-order valence-corrected chi connectivity index (χ4v) is 2.28. The Balaban J connectivity index is 1.68. The van der Waals surface area contributed by atoms with Crippen LogP contribution in [0.2, 0.25) is 10.0 Å². The topological polar surface area (TPSA) is 61.4 Å². The van der Waals surface area contributed by atoms with Gasteiger partial charge in [-0.2, -0.15) is 0 Å². The lowest BCUT2D eigenvalue weighted by molar-refractivity contribution is 0.173. The molecule has 4 nitrogen and oxygen atoms in total. The normalized spacial score (nSPS) is 11.8. The molecule has 2 amide bonds. The maximum atomic E-state index is 11.7. The molecule has 6 heteroatoms. The number of benzene rings is 2. The van der Waals surface area contributed by atoms with E-state index in [0.717, 1.165) is 5.56 Å². The summed E-state index contributed by atoms with van der Waals surface area (Å²) in [5, 5.41) is 16.7. The maximum absolute atomic E-state index is 11.7. The second kappa shape index (κ2) is 8.77. The molecule has 2 aromatic carbocycles. The molecule has 0 saturated carbocycles. The van der Waals surface area contributed by atoms with Gasteiger partial charge in [0.2, 0.25) is 0 Å². The van der Waals surface area contributed by atoms with Crippen LogP contribution in [-0.2, 0) is 6.42 Å². The van der Waals surface area contributed by atoms with Gasteiger partial charge in [0.15, 0.2) is 0 Å². The summed E-state index contributed by atoms with van der Waals surface area (Å²) in [5.74, 6) is 0. The van der Waals surface area contributed by atoms with Crippen LogP contribution in [0.1, 0.15) is 17.2 Å². The van der Waals surface area contributed by atoms with Gasteiger partial charge in [0.1, 0.15) is 0 Å². The second-order valence-corrected chi connectivity index (χ2v) is 5.95. The lowest BCUT2D eigenvalue weighted by atomic mass is 10.1. The van der Waals surface area contributed by atoms with Crippen LogP contribution in [0.25, 0.3) is 0 Å². The minimum Gasteiger partial charge on any atom is -0.387 e. The summed E-state index contributed by atoms with van der Waals surface area (Å²) >= 11 is 11.6. The zero-order valence-electron chi connectivity index (χ0n) is 12.4. The molecule has 0 unspecified atom stereocenters. The molecule has 0 bridgehead atoms. The molecule has 23 heavy (non-hydrogen) atoms. The Labute approximate surface area is 145 Å². The van der Waals surface area contributed by atoms with Crippen molar-refractivity contribution in [3.8, 4) is 0 Å². The van der Waals surface area contributed by atoms with Gasteiger partial charge in [-0.3, -0.25) is 0 Å². The average Bonchev–Trinajstić information content (AvgIpc) is 2.55. The van der Waals surface area contributed by atoms with Crippen LogP contribution in [-0.4, -0.2) is 24.2 Å². The predicted octanol–water partition coefficient (Wildman–Crippen LogP) is 3.57. The lowest BCUT2D eigenvalue weighted by Gasteiger charge is -2.13. The van der Waals surface area contributed by atoms with E-state index in [4.69, 9.17) is 23.2 Å². The number of hydrogen-bond donors (Lipinski definition) is 3. The minimum absolute atomic E-state index is 0.133. The summed E-state index contributed by atoms with van der Waals surface area (Å²) in [4.78, 5) is 11.7. The smallest absolute Gasteiger partial charge is 0.314 e. The first-order valence-electron chi connectivity index (χ1n) is 7.24. The Morgan fingerprint density at radius 1 is 0.957 bits per heavy atom. The first-order valence-corrected chi connectivity index (χ1v) is 8.00. The van der Waals surface area contributed by atoms with Crippen molar-refractivity contribution in [1.82, 2.24) is 10.6 Å². The van der Waals surface area contributed by atoms with Gasteiger partial charge in [-0.15, -0.1) is 0 Å². The van der Waals surface area contributed by atoms with E-state index < -0.39 is 6.10 Å². The minimum atomic E-state index is -0.769. The van der Waals surface area contributed by atoms with E-state index in [0.29, 0.717) is 28.6 Å². The van der Waals surface area contributed by atoms with Crippen LogP contribution >= 0.6 is 23.2 Å². The molecular weight excluding hydrogens is 335 g/mol. The van der Waals surface area contributed by atoms with Crippen molar-refractivity contribution >= 4 is 29.2 Å². The summed E-state index contributed by atoms with van der Waals surface area (Å²) in [5.41, 5.74) is 1.80. The number of halogens is 2. The highest BCUT2D eigenvalue weighted by Crippen LogP contribution is 2.15. The van der Waals surface area contributed by atoms with E-state index in [1.807, 2.05) is 24.3 Å². The molecule has 3 N–H and O–H groups in total. The lowest BCUT2D eigenvalue weighted by Crippen LogP contribution is -2.38. The van der Waals surface area contributed by atoms with Gasteiger partial charge < -0.3 is 15.7 Å². The van der Waals surface area contributed by atoms with Crippen LogP contribution in [0.3, 0.4) is 0 Å². The standard InChI is InChI=1S/C17H18Cl2N2O2/c18-14-5-1-12(2-6-14)9-10-20-17(23)21-11-16(22)13-3-7-15(19)8-4-13/h1-8,16,22H,9-11H2,(H2,20,21,23)/t16-/m1/s1. The van der Waals surface area contributed by atoms with Crippen LogP contribution in [0.15, 0.2) is 48.5 Å². The van der Waals surface area contributed by atoms with Gasteiger partial charge >= 0.3 is 6.03 Å². The van der Waals surface area contributed by atoms with E-state index in [9.17, 15) is 9.90 Å². The van der Waals surface area contributed by atoms with E-state index >= 15 is 0 Å². The van der Waals surface area contributed by atoms with Gasteiger partial charge in [0.25, 0.3) is 0 Å². The fraction of sp³-hybridized carbons (Fsp3) is 0.235. The highest BCUT2D eigenvalue weighted by molar-refractivity contribution is 6.30. The summed E-state index contributed by atoms with van der Waals surface area (Å²) < 4.78 is 0. The Hall–Kier alpha value is -1.75. The van der Waals surface area contributed by atoms with E-state index in [-0.39, 0.29) is 12.6 Å². The van der Waals surface area contributed by atoms with Gasteiger partial charge in [-0.25, -0.2) is 4.79 Å². The quantitative estimate of drug-likeness (QED) is 0.744. The zero-order chi connectivity index (χ0) is 16.7. The highest BCUT2D eigenvalue weighted by Gasteiger charge is 2.09. The van der Waals surface area contributed by atoms with Crippen molar-refractivity contribution in [3.63, 3.8) is 0 Å². The number of aliphatic hydroxyl groups excluding tert-OH is 1. The number of hydrogen-bond acceptors (Lipinski definition) is 2. The number of urea groups is 1. The van der Waals surface area contributed by atoms with Crippen molar-refractivity contribution in [2.45, 2.75) is 12.5 Å². The van der Waals surface area contributed by atoms with Crippen molar-refractivity contribution < 1.29 is 9.90 Å². The Morgan fingerprint density at radius 3 is 2.13 bits per heavy atom. The molecule has 0 heterocycles. The molecule has 0 aromatic heterocycles. The number of amides is 2. The van der Waals surface area contributed by atoms with Crippen LogP contribution in [0.5, 0.6) is 0 Å². The third-order valence-electron chi connectivity index (χ3n) is 3.32. The summed E-state index contributed by atoms with van der Waals surface area (Å²) in [7, 11) is 0. The largest absolute Gasteiger partial charge is 0.387 e. The van der Waals surface area contributed by atoms with E-state index in [2.05, 4.69) is 10.6 Å². The number of nitrogens with one attached hydrogen (secondary N) is 2. The maximum Gasteiger partial charge on any atom is 0.314 e. The van der Waals surface area contributed by atoms with Gasteiger partial charge in [-0.1, -0.05) is 47.5 Å². The Kier molecular flexibility index (Phi) is 6.71. The number of carbonyl (C=O) groups excluding carboxylic acids is 1. The third kappa shape index (κ3) is 6.10. The van der Waals surface area contributed by atoms with Crippen molar-refractivity contribution in [3.05, 3.63) is 69.7 Å². The predicted molar refractivity (Wildman–Crippen MR) is 93.0 cm³/mol.